The lowest BCUT2D eigenvalue weighted by Gasteiger charge is -2.34. The Balaban J connectivity index is 2.45. The van der Waals surface area contributed by atoms with E-state index in [2.05, 4.69) is 5.32 Å². The zero-order valence-electron chi connectivity index (χ0n) is 20.8. The first-order valence-electron chi connectivity index (χ1n) is 11.7. The van der Waals surface area contributed by atoms with Crippen molar-refractivity contribution in [2.45, 2.75) is 45.7 Å². The van der Waals surface area contributed by atoms with E-state index in [4.69, 9.17) is 0 Å². The molecule has 0 aliphatic heterocycles. The molecule has 2 aromatic carbocycles. The molecule has 0 heterocycles. The molecular weight excluding hydrogens is 471 g/mol. The van der Waals surface area contributed by atoms with Crippen LogP contribution in [-0.2, 0) is 26.3 Å². The average molecular weight is 507 g/mol. The van der Waals surface area contributed by atoms with Crippen molar-refractivity contribution >= 4 is 27.7 Å². The fourth-order valence-corrected chi connectivity index (χ4v) is 4.63. The minimum Gasteiger partial charge on any atom is -0.354 e. The van der Waals surface area contributed by atoms with Crippen LogP contribution < -0.4 is 9.62 Å². The van der Waals surface area contributed by atoms with Crippen LogP contribution in [0.3, 0.4) is 0 Å². The Labute approximate surface area is 207 Å². The summed E-state index contributed by atoms with van der Waals surface area (Å²) in [6.07, 6.45) is 2.04. The van der Waals surface area contributed by atoms with E-state index in [1.807, 2.05) is 37.3 Å². The van der Waals surface area contributed by atoms with Gasteiger partial charge in [0.15, 0.2) is 0 Å². The minimum atomic E-state index is -4.21. The second kappa shape index (κ2) is 13.2. The maximum atomic E-state index is 14.6. The number of benzene rings is 2. The molecule has 2 amide bonds. The zero-order chi connectivity index (χ0) is 26.0. The lowest BCUT2D eigenvalue weighted by atomic mass is 10.1. The number of para-hydroxylation sites is 1. The maximum Gasteiger partial charge on any atom is 0.304 e. The molecule has 0 spiro atoms. The van der Waals surface area contributed by atoms with Crippen LogP contribution in [-0.4, -0.2) is 62.7 Å². The Morgan fingerprint density at radius 2 is 1.63 bits per heavy atom. The van der Waals surface area contributed by atoms with Crippen molar-refractivity contribution in [1.82, 2.24) is 14.5 Å². The number of hydrogen-bond donors (Lipinski definition) is 1. The number of carbonyl (C=O) groups excluding carboxylic acids is 2. The molecule has 0 aliphatic carbocycles. The molecule has 0 radical (unpaired) electrons. The Bertz CT molecular complexity index is 1080. The van der Waals surface area contributed by atoms with Gasteiger partial charge in [-0.25, -0.2) is 8.70 Å². The SMILES string of the molecule is CCCCNC(=O)[C@@H](CC)N(Cc1ccccc1)C(=O)CN(c1ccccc1F)S(=O)(=O)N(C)C. The van der Waals surface area contributed by atoms with E-state index in [0.29, 0.717) is 13.0 Å². The van der Waals surface area contributed by atoms with Crippen molar-refractivity contribution in [1.29, 1.82) is 0 Å². The van der Waals surface area contributed by atoms with Crippen molar-refractivity contribution < 1.29 is 22.4 Å². The number of anilines is 1. The van der Waals surface area contributed by atoms with Crippen molar-refractivity contribution in [2.75, 3.05) is 31.5 Å². The van der Waals surface area contributed by atoms with Gasteiger partial charge in [-0.2, -0.15) is 12.7 Å². The topological polar surface area (TPSA) is 90.0 Å². The van der Waals surface area contributed by atoms with Crippen LogP contribution in [0.2, 0.25) is 0 Å². The highest BCUT2D eigenvalue weighted by atomic mass is 32.2. The van der Waals surface area contributed by atoms with Gasteiger partial charge in [0.25, 0.3) is 0 Å². The molecule has 2 rings (SSSR count). The van der Waals surface area contributed by atoms with Crippen molar-refractivity contribution in [3.8, 4) is 0 Å². The Morgan fingerprint density at radius 3 is 2.20 bits per heavy atom. The van der Waals surface area contributed by atoms with Crippen molar-refractivity contribution in [2.24, 2.45) is 0 Å². The first kappa shape index (κ1) is 28.3. The lowest BCUT2D eigenvalue weighted by Crippen LogP contribution is -2.53. The summed E-state index contributed by atoms with van der Waals surface area (Å²) >= 11 is 0. The molecule has 0 saturated heterocycles. The number of amides is 2. The van der Waals surface area contributed by atoms with Crippen LogP contribution in [0.25, 0.3) is 0 Å². The maximum absolute atomic E-state index is 14.6. The third-order valence-corrected chi connectivity index (χ3v) is 7.36. The van der Waals surface area contributed by atoms with Gasteiger partial charge >= 0.3 is 10.2 Å². The molecular formula is C25H35FN4O4S. The molecule has 8 nitrogen and oxygen atoms in total. The Morgan fingerprint density at radius 1 is 1.00 bits per heavy atom. The number of halogens is 1. The molecule has 35 heavy (non-hydrogen) atoms. The molecule has 0 aromatic heterocycles. The summed E-state index contributed by atoms with van der Waals surface area (Å²) in [7, 11) is -1.59. The summed E-state index contributed by atoms with van der Waals surface area (Å²) in [5.41, 5.74) is 0.545. The fraction of sp³-hybridized carbons (Fsp3) is 0.440. The molecule has 1 atom stereocenters. The van der Waals surface area contributed by atoms with Gasteiger partial charge in [-0.05, 0) is 30.5 Å². The molecule has 0 fully saturated rings. The summed E-state index contributed by atoms with van der Waals surface area (Å²) in [5, 5.41) is 2.87. The molecule has 0 unspecified atom stereocenters. The predicted molar refractivity (Wildman–Crippen MR) is 135 cm³/mol. The van der Waals surface area contributed by atoms with Gasteiger partial charge < -0.3 is 10.2 Å². The summed E-state index contributed by atoms with van der Waals surface area (Å²) in [6, 6.07) is 13.7. The quantitative estimate of drug-likeness (QED) is 0.423. The third-order valence-electron chi connectivity index (χ3n) is 5.55. The molecule has 1 N–H and O–H groups in total. The molecule has 192 valence electrons. The number of rotatable bonds is 13. The lowest BCUT2D eigenvalue weighted by molar-refractivity contribution is -0.140. The number of hydrogen-bond acceptors (Lipinski definition) is 4. The highest BCUT2D eigenvalue weighted by molar-refractivity contribution is 7.90. The molecule has 0 bridgehead atoms. The minimum absolute atomic E-state index is 0.104. The van der Waals surface area contributed by atoms with Gasteiger partial charge in [-0.1, -0.05) is 62.7 Å². The summed E-state index contributed by atoms with van der Waals surface area (Å²) in [6.45, 7) is 3.73. The second-order valence-electron chi connectivity index (χ2n) is 8.32. The van der Waals surface area contributed by atoms with Gasteiger partial charge in [0.2, 0.25) is 11.8 Å². The van der Waals surface area contributed by atoms with Crippen LogP contribution in [0.15, 0.2) is 54.6 Å². The largest absolute Gasteiger partial charge is 0.354 e. The molecule has 2 aromatic rings. The van der Waals surface area contributed by atoms with Crippen molar-refractivity contribution in [3.63, 3.8) is 0 Å². The smallest absolute Gasteiger partial charge is 0.304 e. The number of nitrogens with zero attached hydrogens (tertiary/aromatic N) is 3. The summed E-state index contributed by atoms with van der Waals surface area (Å²) < 4.78 is 42.5. The highest BCUT2D eigenvalue weighted by Crippen LogP contribution is 2.24. The first-order chi connectivity index (χ1) is 16.6. The van der Waals surface area contributed by atoms with E-state index in [0.717, 1.165) is 33.1 Å². The van der Waals surface area contributed by atoms with E-state index >= 15 is 0 Å². The third kappa shape index (κ3) is 7.50. The fourth-order valence-electron chi connectivity index (χ4n) is 3.56. The summed E-state index contributed by atoms with van der Waals surface area (Å²) in [4.78, 5) is 28.0. The normalized spacial score (nSPS) is 12.3. The van der Waals surface area contributed by atoms with Crippen molar-refractivity contribution in [3.05, 3.63) is 66.0 Å². The molecule has 0 aliphatic rings. The first-order valence-corrected chi connectivity index (χ1v) is 13.1. The zero-order valence-corrected chi connectivity index (χ0v) is 21.6. The van der Waals surface area contributed by atoms with Crippen LogP contribution in [0.5, 0.6) is 0 Å². The van der Waals surface area contributed by atoms with Gasteiger partial charge in [0.05, 0.1) is 5.69 Å². The molecule has 10 heteroatoms. The standard InChI is InChI=1S/C25H35FN4O4S/c1-5-7-17-27-25(32)22(6-2)29(18-20-13-9-8-10-14-20)24(31)19-30(35(33,34)28(3)4)23-16-12-11-15-21(23)26/h8-16,22H,5-7,17-19H2,1-4H3,(H,27,32)/t22-/m1/s1. The van der Waals surface area contributed by atoms with E-state index in [1.165, 1.54) is 37.2 Å². The van der Waals surface area contributed by atoms with E-state index in [-0.39, 0.29) is 18.1 Å². The monoisotopic (exact) mass is 506 g/mol. The van der Waals surface area contributed by atoms with Gasteiger partial charge in [0, 0.05) is 27.2 Å². The van der Waals surface area contributed by atoms with E-state index in [1.54, 1.807) is 6.92 Å². The highest BCUT2D eigenvalue weighted by Gasteiger charge is 2.34. The van der Waals surface area contributed by atoms with E-state index in [9.17, 15) is 22.4 Å². The van der Waals surface area contributed by atoms with Crippen LogP contribution in [0, 0.1) is 5.82 Å². The van der Waals surface area contributed by atoms with Crippen LogP contribution in [0.4, 0.5) is 10.1 Å². The number of carbonyl (C=O) groups is 2. The Hall–Kier alpha value is -2.98. The van der Waals surface area contributed by atoms with Gasteiger partial charge in [-0.3, -0.25) is 9.59 Å². The summed E-state index contributed by atoms with van der Waals surface area (Å²) in [5.74, 6) is -1.69. The Kier molecular flexibility index (Phi) is 10.7. The number of unbranched alkanes of at least 4 members (excludes halogenated alkanes) is 1. The number of nitrogens with one attached hydrogen (secondary N) is 1. The predicted octanol–water partition coefficient (Wildman–Crippen LogP) is 3.16. The van der Waals surface area contributed by atoms with Crippen LogP contribution in [0.1, 0.15) is 38.7 Å². The van der Waals surface area contributed by atoms with Crippen LogP contribution >= 0.6 is 0 Å². The van der Waals surface area contributed by atoms with Gasteiger partial charge in [-0.15, -0.1) is 0 Å². The van der Waals surface area contributed by atoms with E-state index < -0.39 is 34.5 Å². The second-order valence-corrected chi connectivity index (χ2v) is 10.4. The molecule has 0 saturated carbocycles. The average Bonchev–Trinajstić information content (AvgIpc) is 2.83. The van der Waals surface area contributed by atoms with Gasteiger partial charge in [0.1, 0.15) is 18.4 Å².